The van der Waals surface area contributed by atoms with Crippen molar-refractivity contribution in [2.45, 2.75) is 32.4 Å². The van der Waals surface area contributed by atoms with Crippen LogP contribution in [-0.4, -0.2) is 44.5 Å². The second-order valence-electron chi connectivity index (χ2n) is 4.21. The summed E-state index contributed by atoms with van der Waals surface area (Å²) in [7, 11) is 1.58. The minimum atomic E-state index is -0.735. The molecule has 0 rings (SSSR count). The van der Waals surface area contributed by atoms with E-state index >= 15 is 0 Å². The lowest BCUT2D eigenvalue weighted by atomic mass is 10.2. The van der Waals surface area contributed by atoms with E-state index in [2.05, 4.69) is 0 Å². The Morgan fingerprint density at radius 1 is 1.33 bits per heavy atom. The SMILES string of the molecule is COCCOC[C@H](N)C(=O)OC(C)(C)C. The van der Waals surface area contributed by atoms with E-state index in [1.54, 1.807) is 27.9 Å². The first-order chi connectivity index (χ1) is 6.87. The third kappa shape index (κ3) is 8.35. The molecule has 0 amide bonds. The Bertz CT molecular complexity index is 188. The second kappa shape index (κ2) is 6.76. The Balaban J connectivity index is 3.70. The number of ether oxygens (including phenoxy) is 3. The van der Waals surface area contributed by atoms with Crippen molar-refractivity contribution in [3.8, 4) is 0 Å². The van der Waals surface area contributed by atoms with Crippen LogP contribution in [0.2, 0.25) is 0 Å². The Hall–Kier alpha value is -0.650. The molecule has 0 spiro atoms. The summed E-state index contributed by atoms with van der Waals surface area (Å²) in [6.45, 7) is 6.45. The molecular formula is C10H21NO4. The van der Waals surface area contributed by atoms with Crippen molar-refractivity contribution in [2.75, 3.05) is 26.9 Å². The third-order valence-corrected chi connectivity index (χ3v) is 1.44. The molecule has 0 aliphatic heterocycles. The number of rotatable bonds is 6. The van der Waals surface area contributed by atoms with Crippen LogP contribution < -0.4 is 5.73 Å². The van der Waals surface area contributed by atoms with E-state index in [4.69, 9.17) is 19.9 Å². The largest absolute Gasteiger partial charge is 0.459 e. The van der Waals surface area contributed by atoms with Gasteiger partial charge in [-0.2, -0.15) is 0 Å². The zero-order chi connectivity index (χ0) is 11.9. The number of methoxy groups -OCH3 is 1. The Morgan fingerprint density at radius 3 is 2.40 bits per heavy atom. The van der Waals surface area contributed by atoms with Gasteiger partial charge in [0.15, 0.2) is 0 Å². The van der Waals surface area contributed by atoms with Crippen molar-refractivity contribution < 1.29 is 19.0 Å². The molecule has 5 heteroatoms. The van der Waals surface area contributed by atoms with E-state index in [1.165, 1.54) is 0 Å². The molecule has 0 aromatic heterocycles. The molecule has 1 atom stereocenters. The summed E-state index contributed by atoms with van der Waals surface area (Å²) in [5, 5.41) is 0. The molecule has 0 aliphatic carbocycles. The van der Waals surface area contributed by atoms with E-state index in [-0.39, 0.29) is 6.61 Å². The number of hydrogen-bond donors (Lipinski definition) is 1. The Morgan fingerprint density at radius 2 is 1.93 bits per heavy atom. The van der Waals surface area contributed by atoms with E-state index < -0.39 is 17.6 Å². The molecule has 0 fully saturated rings. The van der Waals surface area contributed by atoms with Crippen LogP contribution in [0.3, 0.4) is 0 Å². The summed E-state index contributed by atoms with van der Waals surface area (Å²) in [4.78, 5) is 11.4. The van der Waals surface area contributed by atoms with Gasteiger partial charge in [0.25, 0.3) is 0 Å². The predicted octanol–water partition coefficient (Wildman–Crippen LogP) is 0.318. The van der Waals surface area contributed by atoms with Gasteiger partial charge in [0, 0.05) is 7.11 Å². The molecule has 0 aliphatic rings. The zero-order valence-electron chi connectivity index (χ0n) is 9.91. The molecule has 2 N–H and O–H groups in total. The van der Waals surface area contributed by atoms with Gasteiger partial charge in [-0.15, -0.1) is 0 Å². The summed E-state index contributed by atoms with van der Waals surface area (Å²) >= 11 is 0. The summed E-state index contributed by atoms with van der Waals surface area (Å²) in [6.07, 6.45) is 0. The van der Waals surface area contributed by atoms with Gasteiger partial charge in [-0.1, -0.05) is 0 Å². The monoisotopic (exact) mass is 219 g/mol. The number of esters is 1. The normalized spacial score (nSPS) is 13.7. The van der Waals surface area contributed by atoms with Gasteiger partial charge in [0.1, 0.15) is 11.6 Å². The van der Waals surface area contributed by atoms with Crippen LogP contribution in [0.25, 0.3) is 0 Å². The van der Waals surface area contributed by atoms with Gasteiger partial charge < -0.3 is 19.9 Å². The van der Waals surface area contributed by atoms with Crippen molar-refractivity contribution in [3.63, 3.8) is 0 Å². The van der Waals surface area contributed by atoms with Crippen molar-refractivity contribution in [2.24, 2.45) is 5.73 Å². The molecule has 0 saturated carbocycles. The average molecular weight is 219 g/mol. The first-order valence-corrected chi connectivity index (χ1v) is 4.92. The zero-order valence-corrected chi connectivity index (χ0v) is 9.91. The minimum Gasteiger partial charge on any atom is -0.459 e. The smallest absolute Gasteiger partial charge is 0.325 e. The minimum absolute atomic E-state index is 0.151. The van der Waals surface area contributed by atoms with Gasteiger partial charge in [-0.05, 0) is 20.8 Å². The standard InChI is InChI=1S/C10H21NO4/c1-10(2,3)15-9(12)8(11)7-14-6-5-13-4/h8H,5-7,11H2,1-4H3/t8-/m0/s1. The van der Waals surface area contributed by atoms with Crippen LogP contribution in [0.15, 0.2) is 0 Å². The maximum atomic E-state index is 11.4. The lowest BCUT2D eigenvalue weighted by Crippen LogP contribution is -2.40. The first-order valence-electron chi connectivity index (χ1n) is 4.92. The van der Waals surface area contributed by atoms with Crippen LogP contribution in [0.1, 0.15) is 20.8 Å². The van der Waals surface area contributed by atoms with Crippen molar-refractivity contribution >= 4 is 5.97 Å². The highest BCUT2D eigenvalue weighted by Crippen LogP contribution is 2.07. The van der Waals surface area contributed by atoms with Crippen LogP contribution in [-0.2, 0) is 19.0 Å². The van der Waals surface area contributed by atoms with E-state index in [1.807, 2.05) is 0 Å². The van der Waals surface area contributed by atoms with E-state index in [0.717, 1.165) is 0 Å². The molecule has 0 aromatic carbocycles. The van der Waals surface area contributed by atoms with E-state index in [9.17, 15) is 4.79 Å². The topological polar surface area (TPSA) is 70.8 Å². The lowest BCUT2D eigenvalue weighted by Gasteiger charge is -2.22. The van der Waals surface area contributed by atoms with E-state index in [0.29, 0.717) is 13.2 Å². The van der Waals surface area contributed by atoms with Crippen molar-refractivity contribution in [1.29, 1.82) is 0 Å². The van der Waals surface area contributed by atoms with Gasteiger partial charge in [-0.3, -0.25) is 4.79 Å². The second-order valence-corrected chi connectivity index (χ2v) is 4.21. The lowest BCUT2D eigenvalue weighted by molar-refractivity contribution is -0.158. The van der Waals surface area contributed by atoms with Gasteiger partial charge in [0.05, 0.1) is 19.8 Å². The maximum Gasteiger partial charge on any atom is 0.325 e. The molecule has 90 valence electrons. The molecule has 0 saturated heterocycles. The fourth-order valence-corrected chi connectivity index (χ4v) is 0.798. The Kier molecular flexibility index (Phi) is 6.47. The Labute approximate surface area is 90.9 Å². The molecule has 0 radical (unpaired) electrons. The average Bonchev–Trinajstić information content (AvgIpc) is 2.09. The molecule has 0 heterocycles. The summed E-state index contributed by atoms with van der Waals surface area (Å²) in [5.41, 5.74) is 5.05. The summed E-state index contributed by atoms with van der Waals surface area (Å²) in [6, 6.07) is -0.735. The fourth-order valence-electron chi connectivity index (χ4n) is 0.798. The molecule has 15 heavy (non-hydrogen) atoms. The number of carbonyl (C=O) groups is 1. The number of nitrogens with two attached hydrogens (primary N) is 1. The number of carbonyl (C=O) groups excluding carboxylic acids is 1. The van der Waals surface area contributed by atoms with Crippen LogP contribution >= 0.6 is 0 Å². The highest BCUT2D eigenvalue weighted by Gasteiger charge is 2.21. The van der Waals surface area contributed by atoms with Crippen LogP contribution in [0, 0.1) is 0 Å². The van der Waals surface area contributed by atoms with Crippen LogP contribution in [0.5, 0.6) is 0 Å². The van der Waals surface area contributed by atoms with Crippen molar-refractivity contribution in [3.05, 3.63) is 0 Å². The summed E-state index contributed by atoms with van der Waals surface area (Å²) < 4.78 is 15.0. The molecule has 0 bridgehead atoms. The number of hydrogen-bond acceptors (Lipinski definition) is 5. The molecule has 5 nitrogen and oxygen atoms in total. The van der Waals surface area contributed by atoms with Gasteiger partial charge in [0.2, 0.25) is 0 Å². The highest BCUT2D eigenvalue weighted by atomic mass is 16.6. The molecular weight excluding hydrogens is 198 g/mol. The quantitative estimate of drug-likeness (QED) is 0.514. The van der Waals surface area contributed by atoms with Gasteiger partial charge in [-0.25, -0.2) is 0 Å². The van der Waals surface area contributed by atoms with Crippen molar-refractivity contribution in [1.82, 2.24) is 0 Å². The fraction of sp³-hybridized carbons (Fsp3) is 0.900. The van der Waals surface area contributed by atoms with Gasteiger partial charge >= 0.3 is 5.97 Å². The first kappa shape index (κ1) is 14.3. The molecule has 0 aromatic rings. The van der Waals surface area contributed by atoms with Crippen LogP contribution in [0.4, 0.5) is 0 Å². The molecule has 0 unspecified atom stereocenters. The maximum absolute atomic E-state index is 11.4. The third-order valence-electron chi connectivity index (χ3n) is 1.44. The highest BCUT2D eigenvalue weighted by molar-refractivity contribution is 5.76. The predicted molar refractivity (Wildman–Crippen MR) is 56.5 cm³/mol. The summed E-state index contributed by atoms with van der Waals surface area (Å²) in [5.74, 6) is -0.445.